The molecule has 0 saturated heterocycles. The minimum Gasteiger partial charge on any atom is -0.489 e. The lowest BCUT2D eigenvalue weighted by Gasteiger charge is -2.33. The fourth-order valence-electron chi connectivity index (χ4n) is 3.18. The van der Waals surface area contributed by atoms with Crippen LogP contribution in [0.4, 0.5) is 0 Å². The van der Waals surface area contributed by atoms with Gasteiger partial charge in [0.15, 0.2) is 0 Å². The summed E-state index contributed by atoms with van der Waals surface area (Å²) >= 11 is 0. The molecule has 118 valence electrons. The Hall–Kier alpha value is -1.02. The summed E-state index contributed by atoms with van der Waals surface area (Å²) in [5.41, 5.74) is 1.36. The number of benzene rings is 1. The van der Waals surface area contributed by atoms with Crippen molar-refractivity contribution in [2.24, 2.45) is 0 Å². The highest BCUT2D eigenvalue weighted by molar-refractivity contribution is 5.36. The standard InChI is InChI=1S/C19H31NO/c1-4-14-20-17-11-7-9-13-19(17)21-18-12-8-6-10-16(18)15(3)5-2/h6,8,10,12,15,17,19-20H,4-5,7,9,11,13-14H2,1-3H3. The van der Waals surface area contributed by atoms with Gasteiger partial charge < -0.3 is 10.1 Å². The number of rotatable bonds is 7. The van der Waals surface area contributed by atoms with Gasteiger partial charge in [0.1, 0.15) is 11.9 Å². The molecular weight excluding hydrogens is 258 g/mol. The van der Waals surface area contributed by atoms with Crippen molar-refractivity contribution in [2.45, 2.75) is 77.4 Å². The molecule has 1 fully saturated rings. The maximum absolute atomic E-state index is 6.46. The SMILES string of the molecule is CCCNC1CCCCC1Oc1ccccc1C(C)CC. The van der Waals surface area contributed by atoms with Crippen molar-refractivity contribution < 1.29 is 4.74 Å². The molecule has 0 aliphatic heterocycles. The van der Waals surface area contributed by atoms with Crippen LogP contribution in [0.1, 0.15) is 70.8 Å². The molecule has 21 heavy (non-hydrogen) atoms. The second kappa shape index (κ2) is 8.43. The Balaban J connectivity index is 2.08. The summed E-state index contributed by atoms with van der Waals surface area (Å²) in [6.07, 6.45) is 7.71. The van der Waals surface area contributed by atoms with Gasteiger partial charge >= 0.3 is 0 Å². The Morgan fingerprint density at radius 2 is 1.95 bits per heavy atom. The Labute approximate surface area is 130 Å². The lowest BCUT2D eigenvalue weighted by Crippen LogP contribution is -2.45. The molecule has 1 aliphatic rings. The van der Waals surface area contributed by atoms with Crippen molar-refractivity contribution in [1.29, 1.82) is 0 Å². The van der Waals surface area contributed by atoms with E-state index in [1.807, 2.05) is 0 Å². The monoisotopic (exact) mass is 289 g/mol. The van der Waals surface area contributed by atoms with E-state index < -0.39 is 0 Å². The fraction of sp³-hybridized carbons (Fsp3) is 0.684. The summed E-state index contributed by atoms with van der Waals surface area (Å²) in [5, 5.41) is 3.68. The van der Waals surface area contributed by atoms with Gasteiger partial charge in [0.25, 0.3) is 0 Å². The molecule has 0 aromatic heterocycles. The maximum atomic E-state index is 6.46. The van der Waals surface area contributed by atoms with Gasteiger partial charge in [-0.05, 0) is 56.2 Å². The van der Waals surface area contributed by atoms with Gasteiger partial charge in [0.05, 0.1) is 0 Å². The first-order valence-electron chi connectivity index (χ1n) is 8.75. The van der Waals surface area contributed by atoms with Crippen molar-refractivity contribution >= 4 is 0 Å². The van der Waals surface area contributed by atoms with E-state index in [9.17, 15) is 0 Å². The molecule has 1 N–H and O–H groups in total. The summed E-state index contributed by atoms with van der Waals surface area (Å²) in [7, 11) is 0. The molecule has 1 aromatic rings. The van der Waals surface area contributed by atoms with Crippen LogP contribution in [0.2, 0.25) is 0 Å². The third kappa shape index (κ3) is 4.47. The molecule has 0 radical (unpaired) electrons. The van der Waals surface area contributed by atoms with Crippen molar-refractivity contribution in [3.63, 3.8) is 0 Å². The predicted octanol–water partition coefficient (Wildman–Crippen LogP) is 4.89. The van der Waals surface area contributed by atoms with Gasteiger partial charge in [-0.15, -0.1) is 0 Å². The van der Waals surface area contributed by atoms with E-state index in [-0.39, 0.29) is 0 Å². The average molecular weight is 289 g/mol. The average Bonchev–Trinajstić information content (AvgIpc) is 2.54. The third-order valence-electron chi connectivity index (χ3n) is 4.70. The summed E-state index contributed by atoms with van der Waals surface area (Å²) in [4.78, 5) is 0. The van der Waals surface area contributed by atoms with Crippen LogP contribution < -0.4 is 10.1 Å². The van der Waals surface area contributed by atoms with Gasteiger partial charge in [0, 0.05) is 6.04 Å². The van der Waals surface area contributed by atoms with Crippen molar-refractivity contribution in [3.05, 3.63) is 29.8 Å². The first-order valence-corrected chi connectivity index (χ1v) is 8.75. The fourth-order valence-corrected chi connectivity index (χ4v) is 3.18. The number of para-hydroxylation sites is 1. The van der Waals surface area contributed by atoms with E-state index in [0.717, 1.165) is 18.7 Å². The largest absolute Gasteiger partial charge is 0.489 e. The number of hydrogen-bond acceptors (Lipinski definition) is 2. The first kappa shape index (κ1) is 16.4. The molecule has 3 unspecified atom stereocenters. The van der Waals surface area contributed by atoms with Crippen molar-refractivity contribution in [2.75, 3.05) is 6.54 Å². The normalized spacial score (nSPS) is 23.8. The highest BCUT2D eigenvalue weighted by Crippen LogP contribution is 2.31. The smallest absolute Gasteiger partial charge is 0.123 e. The zero-order valence-electron chi connectivity index (χ0n) is 13.9. The van der Waals surface area contributed by atoms with E-state index in [2.05, 4.69) is 50.4 Å². The second-order valence-corrected chi connectivity index (χ2v) is 6.35. The van der Waals surface area contributed by atoms with Gasteiger partial charge in [-0.3, -0.25) is 0 Å². The van der Waals surface area contributed by atoms with Crippen LogP contribution >= 0.6 is 0 Å². The minimum absolute atomic E-state index is 0.329. The van der Waals surface area contributed by atoms with Crippen LogP contribution in [-0.2, 0) is 0 Å². The van der Waals surface area contributed by atoms with Crippen molar-refractivity contribution in [3.8, 4) is 5.75 Å². The van der Waals surface area contributed by atoms with E-state index in [1.165, 1.54) is 37.7 Å². The molecule has 2 heteroatoms. The van der Waals surface area contributed by atoms with E-state index in [0.29, 0.717) is 18.1 Å². The van der Waals surface area contributed by atoms with E-state index in [4.69, 9.17) is 4.74 Å². The van der Waals surface area contributed by atoms with Gasteiger partial charge in [-0.1, -0.05) is 45.4 Å². The molecule has 0 spiro atoms. The van der Waals surface area contributed by atoms with Crippen LogP contribution in [0, 0.1) is 0 Å². The number of hydrogen-bond donors (Lipinski definition) is 1. The molecule has 1 saturated carbocycles. The van der Waals surface area contributed by atoms with Crippen LogP contribution in [0.15, 0.2) is 24.3 Å². The van der Waals surface area contributed by atoms with Crippen LogP contribution in [-0.4, -0.2) is 18.7 Å². The highest BCUT2D eigenvalue weighted by atomic mass is 16.5. The van der Waals surface area contributed by atoms with Crippen LogP contribution in [0.3, 0.4) is 0 Å². The summed E-state index contributed by atoms with van der Waals surface area (Å²) in [5.74, 6) is 1.66. The van der Waals surface area contributed by atoms with Crippen LogP contribution in [0.25, 0.3) is 0 Å². The van der Waals surface area contributed by atoms with Crippen LogP contribution in [0.5, 0.6) is 5.75 Å². The quantitative estimate of drug-likeness (QED) is 0.771. The predicted molar refractivity (Wildman–Crippen MR) is 90.1 cm³/mol. The van der Waals surface area contributed by atoms with Gasteiger partial charge in [0.2, 0.25) is 0 Å². The van der Waals surface area contributed by atoms with E-state index >= 15 is 0 Å². The molecule has 2 nitrogen and oxygen atoms in total. The Morgan fingerprint density at radius 1 is 1.19 bits per heavy atom. The zero-order valence-corrected chi connectivity index (χ0v) is 13.9. The third-order valence-corrected chi connectivity index (χ3v) is 4.70. The van der Waals surface area contributed by atoms with Crippen molar-refractivity contribution in [1.82, 2.24) is 5.32 Å². The van der Waals surface area contributed by atoms with Gasteiger partial charge in [-0.2, -0.15) is 0 Å². The molecule has 0 amide bonds. The summed E-state index contributed by atoms with van der Waals surface area (Å²) < 4.78 is 6.46. The highest BCUT2D eigenvalue weighted by Gasteiger charge is 2.27. The first-order chi connectivity index (χ1) is 10.3. The number of nitrogens with one attached hydrogen (secondary N) is 1. The molecule has 0 heterocycles. The Morgan fingerprint density at radius 3 is 2.71 bits per heavy atom. The van der Waals surface area contributed by atoms with E-state index in [1.54, 1.807) is 0 Å². The Bertz CT molecular complexity index is 418. The summed E-state index contributed by atoms with van der Waals surface area (Å²) in [6, 6.07) is 9.11. The molecule has 3 atom stereocenters. The molecule has 0 bridgehead atoms. The molecule has 1 aromatic carbocycles. The minimum atomic E-state index is 0.329. The molecular formula is C19H31NO. The molecule has 1 aliphatic carbocycles. The Kier molecular flexibility index (Phi) is 6.56. The number of ether oxygens (including phenoxy) is 1. The lowest BCUT2D eigenvalue weighted by molar-refractivity contribution is 0.112. The summed E-state index contributed by atoms with van der Waals surface area (Å²) in [6.45, 7) is 7.85. The lowest BCUT2D eigenvalue weighted by atomic mass is 9.91. The second-order valence-electron chi connectivity index (χ2n) is 6.35. The zero-order chi connectivity index (χ0) is 15.1. The van der Waals surface area contributed by atoms with Gasteiger partial charge in [-0.25, -0.2) is 0 Å². The topological polar surface area (TPSA) is 21.3 Å². The molecule has 2 rings (SSSR count). The maximum Gasteiger partial charge on any atom is 0.123 e.